The van der Waals surface area contributed by atoms with Gasteiger partial charge >= 0.3 is 0 Å². The summed E-state index contributed by atoms with van der Waals surface area (Å²) in [5.41, 5.74) is 1.54. The topological polar surface area (TPSA) is 38.2 Å². The van der Waals surface area contributed by atoms with E-state index in [0.717, 1.165) is 25.6 Å². The Morgan fingerprint density at radius 1 is 1.09 bits per heavy atom. The van der Waals surface area contributed by atoms with Gasteiger partial charge in [-0.15, -0.1) is 11.3 Å². The predicted octanol–water partition coefficient (Wildman–Crippen LogP) is 3.58. The van der Waals surface area contributed by atoms with Crippen LogP contribution in [0.4, 0.5) is 5.82 Å². The Morgan fingerprint density at radius 3 is 2.83 bits per heavy atom. The lowest BCUT2D eigenvalue weighted by Crippen LogP contribution is -2.38. The van der Waals surface area contributed by atoms with Gasteiger partial charge in [0.25, 0.3) is 0 Å². The molecule has 1 aliphatic carbocycles. The molecule has 0 saturated carbocycles. The number of thiophene rings is 1. The number of hydrogen-bond donors (Lipinski definition) is 0. The zero-order valence-corrected chi connectivity index (χ0v) is 14.3. The van der Waals surface area contributed by atoms with Gasteiger partial charge in [0.05, 0.1) is 11.5 Å². The highest BCUT2D eigenvalue weighted by atomic mass is 32.1. The highest BCUT2D eigenvalue weighted by Crippen LogP contribution is 2.41. The van der Waals surface area contributed by atoms with E-state index in [2.05, 4.69) is 9.88 Å². The first-order valence-corrected chi connectivity index (χ1v) is 9.83. The molecule has 2 aliphatic heterocycles. The van der Waals surface area contributed by atoms with Crippen molar-refractivity contribution in [1.29, 1.82) is 0 Å². The molecule has 1 atom stereocenters. The van der Waals surface area contributed by atoms with Gasteiger partial charge in [-0.1, -0.05) is 0 Å². The molecule has 3 aliphatic rings. The number of ether oxygens (including phenoxy) is 1. The summed E-state index contributed by atoms with van der Waals surface area (Å²) in [6.07, 6.45) is 11.0. The normalized spacial score (nSPS) is 25.4. The maximum absolute atomic E-state index is 5.91. The van der Waals surface area contributed by atoms with Crippen molar-refractivity contribution in [3.05, 3.63) is 16.8 Å². The molecule has 0 aromatic carbocycles. The monoisotopic (exact) mass is 329 g/mol. The molecule has 0 spiro atoms. The number of hydrogen-bond acceptors (Lipinski definition) is 5. The Kier molecular flexibility index (Phi) is 3.52. The summed E-state index contributed by atoms with van der Waals surface area (Å²) >= 11 is 1.89. The summed E-state index contributed by atoms with van der Waals surface area (Å²) < 4.78 is 5.91. The minimum Gasteiger partial charge on any atom is -0.378 e. The van der Waals surface area contributed by atoms with Crippen LogP contribution in [0.5, 0.6) is 0 Å². The second-order valence-electron chi connectivity index (χ2n) is 7.11. The van der Waals surface area contributed by atoms with E-state index in [-0.39, 0.29) is 0 Å². The molecule has 0 N–H and O–H groups in total. The van der Waals surface area contributed by atoms with Crippen molar-refractivity contribution in [2.45, 2.75) is 51.0 Å². The number of aromatic nitrogens is 2. The number of piperidine rings is 1. The summed E-state index contributed by atoms with van der Waals surface area (Å²) in [5, 5.41) is 1.36. The largest absolute Gasteiger partial charge is 0.378 e. The fourth-order valence-electron chi connectivity index (χ4n) is 4.61. The minimum absolute atomic E-state index is 0.521. The maximum atomic E-state index is 5.91. The smallest absolute Gasteiger partial charge is 0.141 e. The molecule has 1 unspecified atom stereocenters. The molecule has 2 aromatic heterocycles. The van der Waals surface area contributed by atoms with Crippen LogP contribution >= 0.6 is 11.3 Å². The summed E-state index contributed by atoms with van der Waals surface area (Å²) in [5.74, 6) is 1.94. The SMILES string of the molecule is c1nc(N2CCC(C3CCCO3)CC2)c2c3c(sc2n1)CCC3. The van der Waals surface area contributed by atoms with Crippen LogP contribution < -0.4 is 4.90 Å². The first kappa shape index (κ1) is 14.2. The molecule has 0 amide bonds. The van der Waals surface area contributed by atoms with Crippen molar-refractivity contribution in [3.8, 4) is 0 Å². The van der Waals surface area contributed by atoms with Gasteiger partial charge in [0.2, 0.25) is 0 Å². The van der Waals surface area contributed by atoms with E-state index in [0.29, 0.717) is 6.10 Å². The van der Waals surface area contributed by atoms with Crippen LogP contribution in [0.3, 0.4) is 0 Å². The van der Waals surface area contributed by atoms with Gasteiger partial charge in [0.1, 0.15) is 17.0 Å². The van der Waals surface area contributed by atoms with Crippen LogP contribution in [0.2, 0.25) is 0 Å². The lowest BCUT2D eigenvalue weighted by atomic mass is 9.89. The van der Waals surface area contributed by atoms with Crippen LogP contribution in [-0.2, 0) is 17.6 Å². The Balaban J connectivity index is 1.41. The average molecular weight is 329 g/mol. The minimum atomic E-state index is 0.521. The van der Waals surface area contributed by atoms with Gasteiger partial charge in [-0.05, 0) is 56.4 Å². The van der Waals surface area contributed by atoms with Gasteiger partial charge in [-0.2, -0.15) is 0 Å². The number of aryl methyl sites for hydroxylation is 2. The molecule has 2 aromatic rings. The van der Waals surface area contributed by atoms with Crippen molar-refractivity contribution in [2.75, 3.05) is 24.6 Å². The van der Waals surface area contributed by atoms with E-state index in [1.54, 1.807) is 16.8 Å². The first-order valence-electron chi connectivity index (χ1n) is 9.02. The number of anilines is 1. The first-order chi connectivity index (χ1) is 11.4. The average Bonchev–Trinajstić information content (AvgIpc) is 3.31. The van der Waals surface area contributed by atoms with E-state index < -0.39 is 0 Å². The molecule has 2 fully saturated rings. The molecule has 23 heavy (non-hydrogen) atoms. The molecule has 0 radical (unpaired) electrons. The molecule has 4 nitrogen and oxygen atoms in total. The molecule has 0 bridgehead atoms. The second-order valence-corrected chi connectivity index (χ2v) is 8.19. The van der Waals surface area contributed by atoms with Gasteiger partial charge in [0, 0.05) is 24.6 Å². The third kappa shape index (κ3) is 2.36. The second kappa shape index (κ2) is 5.71. The van der Waals surface area contributed by atoms with Gasteiger partial charge < -0.3 is 9.64 Å². The van der Waals surface area contributed by atoms with Crippen LogP contribution in [-0.4, -0.2) is 35.8 Å². The van der Waals surface area contributed by atoms with E-state index in [1.165, 1.54) is 61.0 Å². The van der Waals surface area contributed by atoms with Gasteiger partial charge in [0.15, 0.2) is 0 Å². The van der Waals surface area contributed by atoms with Crippen molar-refractivity contribution in [3.63, 3.8) is 0 Å². The fourth-order valence-corrected chi connectivity index (χ4v) is 5.83. The van der Waals surface area contributed by atoms with E-state index >= 15 is 0 Å². The van der Waals surface area contributed by atoms with Crippen LogP contribution in [0.15, 0.2) is 6.33 Å². The summed E-state index contributed by atoms with van der Waals surface area (Å²) in [6, 6.07) is 0. The number of fused-ring (bicyclic) bond motifs is 3. The number of nitrogens with zero attached hydrogens (tertiary/aromatic N) is 3. The predicted molar refractivity (Wildman–Crippen MR) is 93.4 cm³/mol. The lowest BCUT2D eigenvalue weighted by molar-refractivity contribution is 0.0531. The van der Waals surface area contributed by atoms with Crippen molar-refractivity contribution in [2.24, 2.45) is 5.92 Å². The third-order valence-electron chi connectivity index (χ3n) is 5.81. The standard InChI is InChI=1S/C18H23N3OS/c1-3-13-15(5-1)23-18-16(13)17(19-11-20-18)21-8-6-12(7-9-21)14-4-2-10-22-14/h11-12,14H,1-10H2. The Bertz CT molecular complexity index is 714. The zero-order chi connectivity index (χ0) is 15.2. The quantitative estimate of drug-likeness (QED) is 0.844. The Hall–Kier alpha value is -1.20. The van der Waals surface area contributed by atoms with E-state index in [9.17, 15) is 0 Å². The summed E-state index contributed by atoms with van der Waals surface area (Å²) in [6.45, 7) is 3.20. The molecular weight excluding hydrogens is 306 g/mol. The van der Waals surface area contributed by atoms with Crippen molar-refractivity contribution < 1.29 is 4.74 Å². The summed E-state index contributed by atoms with van der Waals surface area (Å²) in [4.78, 5) is 14.5. The lowest BCUT2D eigenvalue weighted by Gasteiger charge is -2.35. The molecule has 4 heterocycles. The Labute approximate surface area is 140 Å². The van der Waals surface area contributed by atoms with Crippen LogP contribution in [0.25, 0.3) is 10.2 Å². The maximum Gasteiger partial charge on any atom is 0.141 e. The molecule has 122 valence electrons. The third-order valence-corrected chi connectivity index (χ3v) is 7.01. The van der Waals surface area contributed by atoms with Gasteiger partial charge in [-0.3, -0.25) is 0 Å². The number of rotatable bonds is 2. The molecular formula is C18H23N3OS. The van der Waals surface area contributed by atoms with Gasteiger partial charge in [-0.25, -0.2) is 9.97 Å². The van der Waals surface area contributed by atoms with Crippen molar-refractivity contribution in [1.82, 2.24) is 9.97 Å². The Morgan fingerprint density at radius 2 is 2.00 bits per heavy atom. The van der Waals surface area contributed by atoms with Crippen LogP contribution in [0.1, 0.15) is 42.5 Å². The highest BCUT2D eigenvalue weighted by molar-refractivity contribution is 7.19. The van der Waals surface area contributed by atoms with Crippen molar-refractivity contribution >= 4 is 27.4 Å². The van der Waals surface area contributed by atoms with E-state index in [4.69, 9.17) is 9.72 Å². The summed E-state index contributed by atoms with van der Waals surface area (Å²) in [7, 11) is 0. The van der Waals surface area contributed by atoms with E-state index in [1.807, 2.05) is 11.3 Å². The zero-order valence-electron chi connectivity index (χ0n) is 13.5. The highest BCUT2D eigenvalue weighted by Gasteiger charge is 2.31. The fraction of sp³-hybridized carbons (Fsp3) is 0.667. The van der Waals surface area contributed by atoms with Crippen LogP contribution in [0, 0.1) is 5.92 Å². The molecule has 5 rings (SSSR count). The molecule has 2 saturated heterocycles. The molecule has 5 heteroatoms.